The summed E-state index contributed by atoms with van der Waals surface area (Å²) in [5.41, 5.74) is 2.48. The zero-order chi connectivity index (χ0) is 24.1. The Balaban J connectivity index is 1.48. The predicted octanol–water partition coefficient (Wildman–Crippen LogP) is 5.13. The van der Waals surface area contributed by atoms with Crippen LogP contribution in [-0.2, 0) is 11.3 Å². The Morgan fingerprint density at radius 2 is 1.91 bits per heavy atom. The number of rotatable bonds is 8. The number of amides is 2. The van der Waals surface area contributed by atoms with E-state index in [1.165, 1.54) is 11.8 Å². The van der Waals surface area contributed by atoms with E-state index in [1.54, 1.807) is 30.3 Å². The maximum atomic E-state index is 13.2. The normalized spacial score (nSPS) is 15.4. The molecule has 3 aromatic rings. The summed E-state index contributed by atoms with van der Waals surface area (Å²) in [6.07, 6.45) is 3.45. The van der Waals surface area contributed by atoms with E-state index in [-0.39, 0.29) is 23.6 Å². The molecule has 1 saturated heterocycles. The second-order valence-electron chi connectivity index (χ2n) is 8.11. The summed E-state index contributed by atoms with van der Waals surface area (Å²) < 4.78 is 1.94. The number of halogens is 1. The lowest BCUT2D eigenvalue weighted by Crippen LogP contribution is -2.32. The highest BCUT2D eigenvalue weighted by Gasteiger charge is 2.34. The number of nitrogens with zero attached hydrogens (tertiary/aromatic N) is 4. The molecule has 1 aliphatic rings. The molecular weight excluding hydrogens is 470 g/mol. The summed E-state index contributed by atoms with van der Waals surface area (Å²) in [5, 5.41) is 12.9. The van der Waals surface area contributed by atoms with Gasteiger partial charge in [-0.05, 0) is 56.2 Å². The van der Waals surface area contributed by atoms with E-state index in [1.807, 2.05) is 40.7 Å². The predicted molar refractivity (Wildman–Crippen MR) is 135 cm³/mol. The number of hydrogen-bond acceptors (Lipinski definition) is 5. The average molecular weight is 496 g/mol. The van der Waals surface area contributed by atoms with Crippen LogP contribution in [0.15, 0.2) is 66.3 Å². The lowest BCUT2D eigenvalue weighted by Gasteiger charge is -2.24. The largest absolute Gasteiger partial charge is 0.328 e. The Morgan fingerprint density at radius 3 is 2.62 bits per heavy atom. The van der Waals surface area contributed by atoms with Crippen LogP contribution in [0.2, 0.25) is 5.02 Å². The number of aryl methyl sites for hydroxylation is 1. The monoisotopic (exact) mass is 495 g/mol. The Bertz CT molecular complexity index is 1180. The van der Waals surface area contributed by atoms with Crippen LogP contribution < -0.4 is 5.32 Å². The maximum absolute atomic E-state index is 13.2. The molecule has 1 unspecified atom stereocenters. The highest BCUT2D eigenvalue weighted by Crippen LogP contribution is 2.34. The zero-order valence-corrected chi connectivity index (χ0v) is 20.5. The molecule has 1 N–H and O–H groups in total. The topological polar surface area (TPSA) is 80.1 Å². The molecule has 0 aliphatic carbocycles. The Hall–Kier alpha value is -3.10. The minimum Gasteiger partial charge on any atom is -0.328 e. The van der Waals surface area contributed by atoms with Crippen molar-refractivity contribution in [3.8, 4) is 0 Å². The second kappa shape index (κ2) is 10.9. The van der Waals surface area contributed by atoms with E-state index in [2.05, 4.69) is 22.1 Å². The van der Waals surface area contributed by atoms with Crippen LogP contribution >= 0.6 is 23.4 Å². The number of hydrogen-bond donors (Lipinski definition) is 1. The van der Waals surface area contributed by atoms with E-state index in [0.717, 1.165) is 24.1 Å². The van der Waals surface area contributed by atoms with Crippen molar-refractivity contribution in [2.75, 3.05) is 17.6 Å². The van der Waals surface area contributed by atoms with Crippen molar-refractivity contribution >= 4 is 40.9 Å². The number of benzene rings is 2. The molecule has 1 atom stereocenters. The lowest BCUT2D eigenvalue weighted by molar-refractivity contribution is -0.113. The summed E-state index contributed by atoms with van der Waals surface area (Å²) in [7, 11) is 0. The van der Waals surface area contributed by atoms with Crippen LogP contribution in [-0.4, -0.2) is 43.8 Å². The van der Waals surface area contributed by atoms with Gasteiger partial charge in [0.1, 0.15) is 0 Å². The van der Waals surface area contributed by atoms with Gasteiger partial charge in [0.2, 0.25) is 5.91 Å². The second-order valence-corrected chi connectivity index (χ2v) is 9.49. The molecule has 4 rings (SSSR count). The number of thioether (sulfide) groups is 1. The van der Waals surface area contributed by atoms with Gasteiger partial charge < -0.3 is 14.8 Å². The van der Waals surface area contributed by atoms with Crippen molar-refractivity contribution in [2.24, 2.45) is 0 Å². The molecule has 176 valence electrons. The quantitative estimate of drug-likeness (QED) is 0.346. The molecule has 2 amide bonds. The minimum atomic E-state index is -0.189. The standard InChI is InChI=1S/C25H26ClN5O2S/c1-3-14-31-23(21-5-4-15-30(21)24(33)18-8-10-19(26)11-9-18)28-29-25(31)34-16-22(32)27-20-12-6-17(2)7-13-20/h3,6-13,21H,1,4-5,14-16H2,2H3,(H,27,32). The van der Waals surface area contributed by atoms with Crippen molar-refractivity contribution in [2.45, 2.75) is 37.5 Å². The number of nitrogens with one attached hydrogen (secondary N) is 1. The molecule has 1 aromatic heterocycles. The van der Waals surface area contributed by atoms with Gasteiger partial charge >= 0.3 is 0 Å². The average Bonchev–Trinajstić information content (AvgIpc) is 3.46. The maximum Gasteiger partial charge on any atom is 0.254 e. The molecule has 34 heavy (non-hydrogen) atoms. The summed E-state index contributed by atoms with van der Waals surface area (Å²) in [5.74, 6) is 0.727. The number of anilines is 1. The Kier molecular flexibility index (Phi) is 7.70. The number of likely N-dealkylation sites (tertiary alicyclic amines) is 1. The van der Waals surface area contributed by atoms with E-state index < -0.39 is 0 Å². The molecule has 7 nitrogen and oxygen atoms in total. The smallest absolute Gasteiger partial charge is 0.254 e. The third kappa shape index (κ3) is 5.51. The molecule has 1 aliphatic heterocycles. The third-order valence-corrected chi connectivity index (χ3v) is 6.85. The van der Waals surface area contributed by atoms with Gasteiger partial charge in [-0.1, -0.05) is 47.1 Å². The highest BCUT2D eigenvalue weighted by atomic mass is 35.5. The third-order valence-electron chi connectivity index (χ3n) is 5.63. The van der Waals surface area contributed by atoms with Crippen LogP contribution in [0.3, 0.4) is 0 Å². The SMILES string of the molecule is C=CCn1c(SCC(=O)Nc2ccc(C)cc2)nnc1C1CCCN1C(=O)c1ccc(Cl)cc1. The van der Waals surface area contributed by atoms with E-state index >= 15 is 0 Å². The Morgan fingerprint density at radius 1 is 1.18 bits per heavy atom. The van der Waals surface area contributed by atoms with Gasteiger partial charge in [-0.25, -0.2) is 0 Å². The fourth-order valence-electron chi connectivity index (χ4n) is 3.95. The van der Waals surface area contributed by atoms with Gasteiger partial charge in [-0.15, -0.1) is 16.8 Å². The fourth-order valence-corrected chi connectivity index (χ4v) is 4.84. The number of carbonyl (C=O) groups is 2. The van der Waals surface area contributed by atoms with Crippen molar-refractivity contribution in [1.29, 1.82) is 0 Å². The van der Waals surface area contributed by atoms with Gasteiger partial charge in [-0.3, -0.25) is 9.59 Å². The molecule has 0 spiro atoms. The first-order valence-corrected chi connectivity index (χ1v) is 12.4. The number of allylic oxidation sites excluding steroid dienone is 1. The van der Waals surface area contributed by atoms with E-state index in [9.17, 15) is 9.59 Å². The van der Waals surface area contributed by atoms with Gasteiger partial charge in [0.05, 0.1) is 11.8 Å². The van der Waals surface area contributed by atoms with Crippen LogP contribution in [0.25, 0.3) is 0 Å². The van der Waals surface area contributed by atoms with Gasteiger partial charge in [0.15, 0.2) is 11.0 Å². The molecule has 9 heteroatoms. The number of carbonyl (C=O) groups excluding carboxylic acids is 2. The molecule has 1 fully saturated rings. The molecular formula is C25H26ClN5O2S. The van der Waals surface area contributed by atoms with Crippen molar-refractivity contribution in [3.05, 3.63) is 83.2 Å². The summed E-state index contributed by atoms with van der Waals surface area (Å²) in [6.45, 7) is 6.99. The zero-order valence-electron chi connectivity index (χ0n) is 18.9. The van der Waals surface area contributed by atoms with E-state index in [0.29, 0.717) is 34.7 Å². The van der Waals surface area contributed by atoms with Crippen molar-refractivity contribution < 1.29 is 9.59 Å². The van der Waals surface area contributed by atoms with E-state index in [4.69, 9.17) is 11.6 Å². The Labute approximate surface area is 208 Å². The first-order valence-electron chi connectivity index (χ1n) is 11.1. The van der Waals surface area contributed by atoms with Gasteiger partial charge in [0, 0.05) is 29.4 Å². The van der Waals surface area contributed by atoms with Crippen LogP contribution in [0.5, 0.6) is 0 Å². The number of aromatic nitrogens is 3. The highest BCUT2D eigenvalue weighted by molar-refractivity contribution is 7.99. The first kappa shape index (κ1) is 24.0. The van der Waals surface area contributed by atoms with Crippen LogP contribution in [0, 0.1) is 6.92 Å². The lowest BCUT2D eigenvalue weighted by atomic mass is 10.1. The summed E-state index contributed by atoms with van der Waals surface area (Å²) >= 11 is 7.29. The fraction of sp³-hybridized carbons (Fsp3) is 0.280. The molecule has 0 saturated carbocycles. The molecule has 0 bridgehead atoms. The summed E-state index contributed by atoms with van der Waals surface area (Å²) in [4.78, 5) is 27.5. The van der Waals surface area contributed by atoms with Crippen LogP contribution in [0.1, 0.15) is 40.6 Å². The van der Waals surface area contributed by atoms with Crippen molar-refractivity contribution in [1.82, 2.24) is 19.7 Å². The van der Waals surface area contributed by atoms with Gasteiger partial charge in [0.25, 0.3) is 5.91 Å². The van der Waals surface area contributed by atoms with Crippen LogP contribution in [0.4, 0.5) is 5.69 Å². The first-order chi connectivity index (χ1) is 16.5. The molecule has 2 heterocycles. The minimum absolute atomic E-state index is 0.0565. The molecule has 0 radical (unpaired) electrons. The summed E-state index contributed by atoms with van der Waals surface area (Å²) in [6, 6.07) is 14.4. The van der Waals surface area contributed by atoms with Gasteiger partial charge in [-0.2, -0.15) is 0 Å². The molecule has 2 aromatic carbocycles. The van der Waals surface area contributed by atoms with Crippen molar-refractivity contribution in [3.63, 3.8) is 0 Å².